The van der Waals surface area contributed by atoms with Crippen LogP contribution in [0.5, 0.6) is 5.75 Å². The third kappa shape index (κ3) is 4.61. The van der Waals surface area contributed by atoms with Gasteiger partial charge in [-0.15, -0.1) is 0 Å². The maximum Gasteiger partial charge on any atom is 0.216 e. The first-order chi connectivity index (χ1) is 13.5. The van der Waals surface area contributed by atoms with Gasteiger partial charge in [0, 0.05) is 10.6 Å². The Hall–Kier alpha value is -3.07. The van der Waals surface area contributed by atoms with E-state index in [2.05, 4.69) is 0 Å². The van der Waals surface area contributed by atoms with Gasteiger partial charge in [-0.25, -0.2) is 8.42 Å². The molecule has 0 aliphatic rings. The van der Waals surface area contributed by atoms with Crippen molar-refractivity contribution >= 4 is 27.5 Å². The normalized spacial score (nSPS) is 11.6. The summed E-state index contributed by atoms with van der Waals surface area (Å²) in [6, 6.07) is 24.1. The Morgan fingerprint density at radius 3 is 2.29 bits per heavy atom. The number of rotatable bonds is 6. The number of halogens is 1. The summed E-state index contributed by atoms with van der Waals surface area (Å²) in [4.78, 5) is -0.363. The fraction of sp³-hybridized carbons (Fsp3) is 0.0455. The number of nitrogens with zero attached hydrogens (tertiary/aromatic N) is 1. The molecule has 3 rings (SSSR count). The van der Waals surface area contributed by atoms with Crippen LogP contribution in [-0.4, -0.2) is 8.42 Å². The van der Waals surface area contributed by atoms with Gasteiger partial charge in [0.05, 0.1) is 4.90 Å². The fourth-order valence-electron chi connectivity index (χ4n) is 2.52. The van der Waals surface area contributed by atoms with Crippen molar-refractivity contribution in [2.75, 3.05) is 0 Å². The Morgan fingerprint density at radius 2 is 1.61 bits per heavy atom. The second-order valence-electron chi connectivity index (χ2n) is 5.89. The first-order valence-electron chi connectivity index (χ1n) is 8.39. The van der Waals surface area contributed by atoms with Crippen molar-refractivity contribution in [3.05, 3.63) is 99.9 Å². The monoisotopic (exact) mass is 409 g/mol. The van der Waals surface area contributed by atoms with Crippen LogP contribution in [0.25, 0.3) is 6.08 Å². The predicted molar refractivity (Wildman–Crippen MR) is 109 cm³/mol. The van der Waals surface area contributed by atoms with Crippen molar-refractivity contribution in [1.29, 1.82) is 5.26 Å². The largest absolute Gasteiger partial charge is 0.488 e. The van der Waals surface area contributed by atoms with Crippen LogP contribution in [0.15, 0.2) is 88.7 Å². The molecule has 0 saturated carbocycles. The molecule has 0 aromatic heterocycles. The molecular formula is C22H16ClNO3S. The zero-order valence-corrected chi connectivity index (χ0v) is 16.3. The van der Waals surface area contributed by atoms with Gasteiger partial charge in [-0.2, -0.15) is 5.26 Å². The number of benzene rings is 3. The van der Waals surface area contributed by atoms with Crippen LogP contribution in [0.1, 0.15) is 11.1 Å². The lowest BCUT2D eigenvalue weighted by molar-refractivity contribution is 0.305. The van der Waals surface area contributed by atoms with Crippen LogP contribution in [0.4, 0.5) is 0 Å². The van der Waals surface area contributed by atoms with E-state index < -0.39 is 9.84 Å². The summed E-state index contributed by atoms with van der Waals surface area (Å²) in [7, 11) is -3.96. The maximum atomic E-state index is 12.8. The molecule has 3 aromatic rings. The lowest BCUT2D eigenvalue weighted by Gasteiger charge is -2.10. The van der Waals surface area contributed by atoms with Crippen molar-refractivity contribution in [1.82, 2.24) is 0 Å². The molecule has 0 radical (unpaired) electrons. The quantitative estimate of drug-likeness (QED) is 0.521. The van der Waals surface area contributed by atoms with Crippen molar-refractivity contribution in [2.24, 2.45) is 0 Å². The highest BCUT2D eigenvalue weighted by atomic mass is 35.5. The molecule has 0 heterocycles. The minimum absolute atomic E-state index is 0.00684. The van der Waals surface area contributed by atoms with E-state index in [1.165, 1.54) is 30.3 Å². The highest BCUT2D eigenvalue weighted by Gasteiger charge is 2.21. The van der Waals surface area contributed by atoms with E-state index in [4.69, 9.17) is 16.3 Å². The van der Waals surface area contributed by atoms with Gasteiger partial charge in [-0.1, -0.05) is 60.1 Å². The standard InChI is InChI=1S/C22H16ClNO3S/c23-19-10-12-20(13-11-19)28(25,26)21(15-24)14-18-8-4-5-9-22(18)27-16-17-6-2-1-3-7-17/h1-14H,16H2/b21-14+. The lowest BCUT2D eigenvalue weighted by atomic mass is 10.2. The van der Waals surface area contributed by atoms with E-state index in [1.807, 2.05) is 30.3 Å². The van der Waals surface area contributed by atoms with Crippen molar-refractivity contribution in [2.45, 2.75) is 11.5 Å². The Balaban J connectivity index is 1.93. The molecule has 140 valence electrons. The molecule has 0 spiro atoms. The average molecular weight is 410 g/mol. The van der Waals surface area contributed by atoms with Gasteiger partial charge in [-0.3, -0.25) is 0 Å². The Kier molecular flexibility index (Phi) is 6.15. The number of allylic oxidation sites excluding steroid dienone is 1. The first kappa shape index (κ1) is 19.7. The van der Waals surface area contributed by atoms with Gasteiger partial charge in [0.2, 0.25) is 9.84 Å². The molecule has 0 aliphatic carbocycles. The fourth-order valence-corrected chi connectivity index (χ4v) is 3.80. The number of sulfone groups is 1. The second-order valence-corrected chi connectivity index (χ2v) is 8.24. The van der Waals surface area contributed by atoms with Crippen molar-refractivity contribution < 1.29 is 13.2 Å². The summed E-state index contributed by atoms with van der Waals surface area (Å²) in [6.45, 7) is 0.331. The summed E-state index contributed by atoms with van der Waals surface area (Å²) in [6.07, 6.45) is 1.32. The van der Waals surface area contributed by atoms with E-state index in [1.54, 1.807) is 30.3 Å². The highest BCUT2D eigenvalue weighted by Crippen LogP contribution is 2.27. The zero-order valence-electron chi connectivity index (χ0n) is 14.7. The third-order valence-corrected chi connectivity index (χ3v) is 5.90. The van der Waals surface area contributed by atoms with E-state index in [0.717, 1.165) is 5.56 Å². The summed E-state index contributed by atoms with van der Waals surface area (Å²) < 4.78 is 31.4. The molecule has 0 atom stereocenters. The SMILES string of the molecule is N#C/C(=C\c1ccccc1OCc1ccccc1)S(=O)(=O)c1ccc(Cl)cc1. The molecule has 4 nitrogen and oxygen atoms in total. The molecule has 0 saturated heterocycles. The molecular weight excluding hydrogens is 394 g/mol. The molecule has 0 aliphatic heterocycles. The van der Waals surface area contributed by atoms with Crippen LogP contribution in [0.3, 0.4) is 0 Å². The molecule has 6 heteroatoms. The average Bonchev–Trinajstić information content (AvgIpc) is 2.72. The van der Waals surface area contributed by atoms with Gasteiger partial charge in [0.15, 0.2) is 0 Å². The van der Waals surface area contributed by atoms with Crippen LogP contribution in [0, 0.1) is 11.3 Å². The molecule has 0 bridgehead atoms. The molecule has 0 unspecified atom stereocenters. The maximum absolute atomic E-state index is 12.8. The highest BCUT2D eigenvalue weighted by molar-refractivity contribution is 7.95. The molecule has 28 heavy (non-hydrogen) atoms. The number of hydrogen-bond acceptors (Lipinski definition) is 4. The number of hydrogen-bond donors (Lipinski definition) is 0. The number of ether oxygens (including phenoxy) is 1. The summed E-state index contributed by atoms with van der Waals surface area (Å²) in [5.41, 5.74) is 1.49. The minimum Gasteiger partial charge on any atom is -0.488 e. The number of nitriles is 1. The van der Waals surface area contributed by atoms with Crippen LogP contribution < -0.4 is 4.74 Å². The molecule has 0 fully saturated rings. The van der Waals surface area contributed by atoms with Crippen LogP contribution >= 0.6 is 11.6 Å². The first-order valence-corrected chi connectivity index (χ1v) is 10.2. The van der Waals surface area contributed by atoms with Gasteiger partial charge in [0.25, 0.3) is 0 Å². The minimum atomic E-state index is -3.96. The van der Waals surface area contributed by atoms with Gasteiger partial charge in [0.1, 0.15) is 23.3 Å². The van der Waals surface area contributed by atoms with Gasteiger partial charge < -0.3 is 4.74 Å². The zero-order chi connectivity index (χ0) is 20.0. The Morgan fingerprint density at radius 1 is 0.964 bits per heavy atom. The van der Waals surface area contributed by atoms with E-state index in [-0.39, 0.29) is 9.80 Å². The van der Waals surface area contributed by atoms with Crippen LogP contribution in [-0.2, 0) is 16.4 Å². The number of para-hydroxylation sites is 1. The van der Waals surface area contributed by atoms with E-state index in [0.29, 0.717) is 22.9 Å². The van der Waals surface area contributed by atoms with E-state index in [9.17, 15) is 13.7 Å². The second kappa shape index (κ2) is 8.75. The summed E-state index contributed by atoms with van der Waals surface area (Å²) >= 11 is 5.82. The predicted octanol–water partition coefficient (Wildman–Crippen LogP) is 5.26. The Labute approximate surface area is 169 Å². The Bertz CT molecular complexity index is 1130. The summed E-state index contributed by atoms with van der Waals surface area (Å²) in [5.74, 6) is 0.491. The third-order valence-electron chi connectivity index (χ3n) is 3.97. The molecule has 0 N–H and O–H groups in total. The van der Waals surface area contributed by atoms with Gasteiger partial charge >= 0.3 is 0 Å². The lowest BCUT2D eigenvalue weighted by Crippen LogP contribution is -2.04. The molecule has 0 amide bonds. The summed E-state index contributed by atoms with van der Waals surface area (Å²) in [5, 5.41) is 9.89. The van der Waals surface area contributed by atoms with E-state index >= 15 is 0 Å². The molecule has 3 aromatic carbocycles. The van der Waals surface area contributed by atoms with Crippen LogP contribution in [0.2, 0.25) is 5.02 Å². The van der Waals surface area contributed by atoms with Crippen molar-refractivity contribution in [3.8, 4) is 11.8 Å². The smallest absolute Gasteiger partial charge is 0.216 e. The van der Waals surface area contributed by atoms with Gasteiger partial charge in [-0.05, 0) is 42.0 Å². The topological polar surface area (TPSA) is 67.2 Å². The van der Waals surface area contributed by atoms with Crippen molar-refractivity contribution in [3.63, 3.8) is 0 Å².